The Morgan fingerprint density at radius 3 is 2.58 bits per heavy atom. The number of benzene rings is 3. The van der Waals surface area contributed by atoms with E-state index in [0.717, 1.165) is 28.0 Å². The normalized spacial score (nSPS) is 11.1. The number of imidazole rings is 1. The predicted molar refractivity (Wildman–Crippen MR) is 121 cm³/mol. The van der Waals surface area contributed by atoms with Crippen LogP contribution in [0.4, 0.5) is 11.7 Å². The molecule has 2 heterocycles. The Balaban J connectivity index is 1.45. The Labute approximate surface area is 187 Å². The van der Waals surface area contributed by atoms with E-state index in [9.17, 15) is 0 Å². The minimum Gasteiger partial charge on any atom is -0.497 e. The summed E-state index contributed by atoms with van der Waals surface area (Å²) in [5.74, 6) is 1.69. The van der Waals surface area contributed by atoms with Gasteiger partial charge in [0.15, 0.2) is 0 Å². The smallest absolute Gasteiger partial charge is 0.320 e. The molecule has 2 N–H and O–H groups in total. The van der Waals surface area contributed by atoms with E-state index in [1.54, 1.807) is 25.3 Å². The Morgan fingerprint density at radius 2 is 1.77 bits per heavy atom. The molecule has 0 aliphatic carbocycles. The first-order valence-corrected chi connectivity index (χ1v) is 10.1. The van der Waals surface area contributed by atoms with Crippen molar-refractivity contribution in [2.45, 2.75) is 0 Å². The average molecular weight is 452 g/mol. The van der Waals surface area contributed by atoms with Gasteiger partial charge >= 0.3 is 6.01 Å². The van der Waals surface area contributed by atoms with Crippen molar-refractivity contribution in [3.8, 4) is 28.6 Å². The van der Waals surface area contributed by atoms with Crippen molar-refractivity contribution in [2.24, 2.45) is 0 Å². The Bertz CT molecular complexity index is 1380. The maximum absolute atomic E-state index is 6.31. The number of nitrogens with one attached hydrogen (secondary N) is 2. The molecule has 9 heteroatoms. The lowest BCUT2D eigenvalue weighted by Crippen LogP contribution is -1.91. The summed E-state index contributed by atoms with van der Waals surface area (Å²) < 4.78 is 11.0. The Kier molecular flexibility index (Phi) is 4.97. The fourth-order valence-electron chi connectivity index (χ4n) is 3.20. The molecule has 3 aromatic carbocycles. The van der Waals surface area contributed by atoms with Crippen LogP contribution >= 0.6 is 23.2 Å². The molecule has 0 radical (unpaired) electrons. The zero-order valence-corrected chi connectivity index (χ0v) is 17.7. The van der Waals surface area contributed by atoms with Gasteiger partial charge in [0.1, 0.15) is 11.6 Å². The summed E-state index contributed by atoms with van der Waals surface area (Å²) in [6.45, 7) is 0. The molecule has 0 saturated carbocycles. The van der Waals surface area contributed by atoms with E-state index >= 15 is 0 Å². The second-order valence-electron chi connectivity index (χ2n) is 6.68. The molecule has 0 spiro atoms. The summed E-state index contributed by atoms with van der Waals surface area (Å²) in [7, 11) is 1.61. The van der Waals surface area contributed by atoms with E-state index < -0.39 is 0 Å². The molecule has 5 rings (SSSR count). The van der Waals surface area contributed by atoms with Crippen molar-refractivity contribution in [3.63, 3.8) is 0 Å². The fraction of sp³-hybridized carbons (Fsp3) is 0.0455. The van der Waals surface area contributed by atoms with Crippen LogP contribution in [-0.2, 0) is 0 Å². The third-order valence-corrected chi connectivity index (χ3v) is 5.30. The number of aromatic amines is 1. The molecule has 0 atom stereocenters. The van der Waals surface area contributed by atoms with Gasteiger partial charge in [-0.3, -0.25) is 0 Å². The largest absolute Gasteiger partial charge is 0.497 e. The van der Waals surface area contributed by atoms with Gasteiger partial charge in [0.25, 0.3) is 0 Å². The van der Waals surface area contributed by atoms with Gasteiger partial charge in [-0.05, 0) is 42.5 Å². The second-order valence-corrected chi connectivity index (χ2v) is 7.50. The van der Waals surface area contributed by atoms with Gasteiger partial charge in [0.2, 0.25) is 5.89 Å². The summed E-state index contributed by atoms with van der Waals surface area (Å²) in [5, 5.41) is 12.3. The van der Waals surface area contributed by atoms with E-state index in [1.165, 1.54) is 0 Å². The number of aromatic nitrogens is 4. The molecule has 0 amide bonds. The molecule has 2 aromatic heterocycles. The lowest BCUT2D eigenvalue weighted by atomic mass is 10.2. The quantitative estimate of drug-likeness (QED) is 0.324. The van der Waals surface area contributed by atoms with Crippen LogP contribution in [0.3, 0.4) is 0 Å². The molecule has 0 aliphatic rings. The van der Waals surface area contributed by atoms with E-state index in [4.69, 9.17) is 32.4 Å². The van der Waals surface area contributed by atoms with Gasteiger partial charge in [-0.25, -0.2) is 4.98 Å². The molecule has 154 valence electrons. The lowest BCUT2D eigenvalue weighted by molar-refractivity contribution is 0.415. The van der Waals surface area contributed by atoms with E-state index in [-0.39, 0.29) is 6.01 Å². The summed E-state index contributed by atoms with van der Waals surface area (Å²) in [4.78, 5) is 7.87. The zero-order chi connectivity index (χ0) is 21.4. The third kappa shape index (κ3) is 3.81. The predicted octanol–water partition coefficient (Wildman–Crippen LogP) is 6.34. The zero-order valence-electron chi connectivity index (χ0n) is 16.2. The highest BCUT2D eigenvalue weighted by molar-refractivity contribution is 6.39. The number of methoxy groups -OCH3 is 1. The molecule has 0 aliphatic heterocycles. The summed E-state index contributed by atoms with van der Waals surface area (Å²) in [6, 6.07) is 18.7. The number of ether oxygens (including phenoxy) is 1. The summed E-state index contributed by atoms with van der Waals surface area (Å²) in [5.41, 5.74) is 3.75. The summed E-state index contributed by atoms with van der Waals surface area (Å²) >= 11 is 12.6. The van der Waals surface area contributed by atoms with Crippen LogP contribution in [0.2, 0.25) is 10.0 Å². The topological polar surface area (TPSA) is 88.9 Å². The Morgan fingerprint density at radius 1 is 0.968 bits per heavy atom. The SMILES string of the molecule is COc1cccc(Nc2nnc(-c3ccc4nc(-c5c(Cl)cccc5Cl)[nH]c4c3)o2)c1. The van der Waals surface area contributed by atoms with E-state index in [1.807, 2.05) is 42.5 Å². The number of hydrogen-bond donors (Lipinski definition) is 2. The number of anilines is 2. The van der Waals surface area contributed by atoms with Crippen LogP contribution in [0.5, 0.6) is 5.75 Å². The first-order valence-electron chi connectivity index (χ1n) is 9.30. The van der Waals surface area contributed by atoms with Crippen LogP contribution in [0.1, 0.15) is 0 Å². The van der Waals surface area contributed by atoms with Gasteiger partial charge in [0, 0.05) is 17.3 Å². The molecule has 7 nitrogen and oxygen atoms in total. The highest BCUT2D eigenvalue weighted by Gasteiger charge is 2.15. The molecule has 0 unspecified atom stereocenters. The molecule has 0 saturated heterocycles. The van der Waals surface area contributed by atoms with Crippen LogP contribution in [0, 0.1) is 0 Å². The average Bonchev–Trinajstić information content (AvgIpc) is 3.40. The number of H-pyrrole nitrogens is 1. The lowest BCUT2D eigenvalue weighted by Gasteiger charge is -2.03. The van der Waals surface area contributed by atoms with Gasteiger partial charge in [-0.1, -0.05) is 40.4 Å². The van der Waals surface area contributed by atoms with Gasteiger partial charge in [-0.15, -0.1) is 5.10 Å². The third-order valence-electron chi connectivity index (χ3n) is 4.67. The highest BCUT2D eigenvalue weighted by Crippen LogP contribution is 2.34. The van der Waals surface area contributed by atoms with Gasteiger partial charge in [0.05, 0.1) is 33.8 Å². The number of fused-ring (bicyclic) bond motifs is 1. The van der Waals surface area contributed by atoms with Crippen LogP contribution < -0.4 is 10.1 Å². The first-order chi connectivity index (χ1) is 15.1. The maximum atomic E-state index is 6.31. The monoisotopic (exact) mass is 451 g/mol. The first kappa shape index (κ1) is 19.4. The molecule has 0 bridgehead atoms. The van der Waals surface area contributed by atoms with Gasteiger partial charge < -0.3 is 19.5 Å². The molecular formula is C22H15Cl2N5O2. The van der Waals surface area contributed by atoms with Crippen molar-refractivity contribution in [1.29, 1.82) is 0 Å². The van der Waals surface area contributed by atoms with Crippen LogP contribution in [0.25, 0.3) is 33.9 Å². The van der Waals surface area contributed by atoms with Crippen LogP contribution in [0.15, 0.2) is 65.1 Å². The van der Waals surface area contributed by atoms with Gasteiger partial charge in [-0.2, -0.15) is 0 Å². The number of halogens is 2. The number of hydrogen-bond acceptors (Lipinski definition) is 6. The van der Waals surface area contributed by atoms with Crippen molar-refractivity contribution >= 4 is 45.9 Å². The molecule has 5 aromatic rings. The highest BCUT2D eigenvalue weighted by atomic mass is 35.5. The van der Waals surface area contributed by atoms with E-state index in [2.05, 4.69) is 25.5 Å². The number of rotatable bonds is 5. The minimum atomic E-state index is 0.275. The van der Waals surface area contributed by atoms with Crippen molar-refractivity contribution < 1.29 is 9.15 Å². The second kappa shape index (κ2) is 7.94. The van der Waals surface area contributed by atoms with Crippen molar-refractivity contribution in [3.05, 3.63) is 70.7 Å². The van der Waals surface area contributed by atoms with Crippen molar-refractivity contribution in [1.82, 2.24) is 20.2 Å². The Hall–Kier alpha value is -3.55. The minimum absolute atomic E-state index is 0.275. The fourth-order valence-corrected chi connectivity index (χ4v) is 3.78. The molecule has 0 fully saturated rings. The maximum Gasteiger partial charge on any atom is 0.320 e. The van der Waals surface area contributed by atoms with Crippen LogP contribution in [-0.4, -0.2) is 27.3 Å². The number of nitrogens with zero attached hydrogens (tertiary/aromatic N) is 3. The molecular weight excluding hydrogens is 437 g/mol. The molecule has 31 heavy (non-hydrogen) atoms. The van der Waals surface area contributed by atoms with Crippen molar-refractivity contribution in [2.75, 3.05) is 12.4 Å². The standard InChI is InChI=1S/C22H15Cl2N5O2/c1-30-14-5-2-4-13(11-14)25-22-29-28-21(31-22)12-8-9-17-18(10-12)27-20(26-17)19-15(23)6-3-7-16(19)24/h2-11H,1H3,(H,25,29)(H,26,27). The van der Waals surface area contributed by atoms with E-state index in [0.29, 0.717) is 27.3 Å². The summed E-state index contributed by atoms with van der Waals surface area (Å²) in [6.07, 6.45) is 0.